The van der Waals surface area contributed by atoms with E-state index in [2.05, 4.69) is 11.9 Å². The van der Waals surface area contributed by atoms with Gasteiger partial charge >= 0.3 is 0 Å². The number of carbonyl (C=O) groups is 1. The van der Waals surface area contributed by atoms with Gasteiger partial charge in [-0.1, -0.05) is 12.2 Å². The number of piperidine rings is 2. The van der Waals surface area contributed by atoms with E-state index < -0.39 is 0 Å². The third-order valence-electron chi connectivity index (χ3n) is 2.49. The first-order valence-electron chi connectivity index (χ1n) is 3.75. The van der Waals surface area contributed by atoms with Crippen LogP contribution in [0.5, 0.6) is 0 Å². The van der Waals surface area contributed by atoms with Gasteiger partial charge in [-0.25, -0.2) is 0 Å². The maximum absolute atomic E-state index is 11.0. The lowest BCUT2D eigenvalue weighted by Gasteiger charge is -2.37. The number of fused-ring (bicyclic) bond motifs is 3. The minimum Gasteiger partial charge on any atom is -0.349 e. The summed E-state index contributed by atoms with van der Waals surface area (Å²) in [6.45, 7) is 3.92. The molecule has 2 heteroatoms. The van der Waals surface area contributed by atoms with Crippen molar-refractivity contribution in [2.75, 3.05) is 0 Å². The standard InChI is InChI=1S/C8H11NO/c1-5-4-6-2-3-7(5)9-8(6)10/h6-7H,1-4H2,(H,9,10)/t6-,7+/m1/s1. The Hall–Kier alpha value is -0.790. The zero-order valence-electron chi connectivity index (χ0n) is 5.89. The second-order valence-corrected chi connectivity index (χ2v) is 3.20. The van der Waals surface area contributed by atoms with E-state index in [1.807, 2.05) is 0 Å². The summed E-state index contributed by atoms with van der Waals surface area (Å²) in [5.41, 5.74) is 1.22. The first-order valence-corrected chi connectivity index (χ1v) is 3.75. The van der Waals surface area contributed by atoms with Crippen molar-refractivity contribution in [1.29, 1.82) is 0 Å². The Kier molecular flexibility index (Phi) is 1.10. The summed E-state index contributed by atoms with van der Waals surface area (Å²) in [7, 11) is 0. The van der Waals surface area contributed by atoms with Gasteiger partial charge in [-0.3, -0.25) is 4.79 Å². The lowest BCUT2D eigenvalue weighted by atomic mass is 9.78. The Morgan fingerprint density at radius 1 is 1.50 bits per heavy atom. The smallest absolute Gasteiger partial charge is 0.223 e. The van der Waals surface area contributed by atoms with Gasteiger partial charge in [0.05, 0.1) is 0 Å². The molecule has 1 saturated carbocycles. The number of carbonyl (C=O) groups excluding carboxylic acids is 1. The fraction of sp³-hybridized carbons (Fsp3) is 0.625. The van der Waals surface area contributed by atoms with Crippen LogP contribution in [0.25, 0.3) is 0 Å². The number of hydrogen-bond donors (Lipinski definition) is 1. The van der Waals surface area contributed by atoms with E-state index in [-0.39, 0.29) is 11.8 Å². The second-order valence-electron chi connectivity index (χ2n) is 3.20. The van der Waals surface area contributed by atoms with Gasteiger partial charge in [0.1, 0.15) is 0 Å². The Labute approximate surface area is 60.3 Å². The van der Waals surface area contributed by atoms with Gasteiger partial charge < -0.3 is 5.32 Å². The minimum absolute atomic E-state index is 0.239. The first-order chi connectivity index (χ1) is 4.77. The summed E-state index contributed by atoms with van der Waals surface area (Å²) in [6.07, 6.45) is 3.10. The average Bonchev–Trinajstić information content (AvgIpc) is 1.91. The van der Waals surface area contributed by atoms with Crippen LogP contribution in [0.2, 0.25) is 0 Å². The zero-order valence-corrected chi connectivity index (χ0v) is 5.89. The van der Waals surface area contributed by atoms with Crippen LogP contribution < -0.4 is 5.32 Å². The Bertz CT molecular complexity index is 175. The molecule has 2 nitrogen and oxygen atoms in total. The number of rotatable bonds is 0. The Morgan fingerprint density at radius 2 is 2.30 bits per heavy atom. The molecule has 0 aromatic heterocycles. The van der Waals surface area contributed by atoms with Crippen LogP contribution >= 0.6 is 0 Å². The molecule has 2 aliphatic heterocycles. The molecular formula is C8H11NO. The molecule has 0 aromatic carbocycles. The zero-order chi connectivity index (χ0) is 7.14. The van der Waals surface area contributed by atoms with Crippen LogP contribution in [0.4, 0.5) is 0 Å². The summed E-state index contributed by atoms with van der Waals surface area (Å²) in [4.78, 5) is 11.0. The fourth-order valence-corrected chi connectivity index (χ4v) is 1.82. The monoisotopic (exact) mass is 137 g/mol. The molecule has 0 unspecified atom stereocenters. The molecule has 3 rings (SSSR count). The number of nitrogens with one attached hydrogen (secondary N) is 1. The Balaban J connectivity index is 2.23. The van der Waals surface area contributed by atoms with Crippen LogP contribution in [0.3, 0.4) is 0 Å². The van der Waals surface area contributed by atoms with E-state index in [0.717, 1.165) is 19.3 Å². The number of amides is 1. The van der Waals surface area contributed by atoms with Crippen molar-refractivity contribution in [3.63, 3.8) is 0 Å². The van der Waals surface area contributed by atoms with Gasteiger partial charge in [0.15, 0.2) is 0 Å². The molecule has 54 valence electrons. The molecule has 2 atom stereocenters. The fourth-order valence-electron chi connectivity index (χ4n) is 1.82. The van der Waals surface area contributed by atoms with Crippen molar-refractivity contribution >= 4 is 5.91 Å². The van der Waals surface area contributed by atoms with Gasteiger partial charge in [0.2, 0.25) is 5.91 Å². The van der Waals surface area contributed by atoms with Crippen LogP contribution in [0, 0.1) is 5.92 Å². The highest BCUT2D eigenvalue weighted by Gasteiger charge is 2.35. The predicted octanol–water partition coefficient (Wildman–Crippen LogP) is 0.841. The van der Waals surface area contributed by atoms with Crippen molar-refractivity contribution < 1.29 is 4.79 Å². The molecule has 3 fully saturated rings. The molecule has 1 N–H and O–H groups in total. The van der Waals surface area contributed by atoms with Crippen molar-refractivity contribution in [2.45, 2.75) is 25.3 Å². The average molecular weight is 137 g/mol. The topological polar surface area (TPSA) is 29.1 Å². The van der Waals surface area contributed by atoms with E-state index in [4.69, 9.17) is 0 Å². The summed E-state index contributed by atoms with van der Waals surface area (Å²) in [5, 5.41) is 2.93. The van der Waals surface area contributed by atoms with Crippen LogP contribution in [-0.4, -0.2) is 11.9 Å². The summed E-state index contributed by atoms with van der Waals surface area (Å²) < 4.78 is 0. The minimum atomic E-state index is 0.239. The molecule has 0 spiro atoms. The normalized spacial score (nSPS) is 38.0. The largest absolute Gasteiger partial charge is 0.349 e. The van der Waals surface area contributed by atoms with Crippen LogP contribution in [0.1, 0.15) is 19.3 Å². The Morgan fingerprint density at radius 3 is 2.60 bits per heavy atom. The predicted molar refractivity (Wildman–Crippen MR) is 38.4 cm³/mol. The summed E-state index contributed by atoms with van der Waals surface area (Å²) in [6, 6.07) is 0.303. The van der Waals surface area contributed by atoms with E-state index in [9.17, 15) is 4.79 Å². The van der Waals surface area contributed by atoms with E-state index >= 15 is 0 Å². The second kappa shape index (κ2) is 1.84. The molecule has 3 aliphatic rings. The number of hydrogen-bond acceptors (Lipinski definition) is 1. The SMILES string of the molecule is C=C1C[C@H]2CC[C@@H]1NC2=O. The van der Waals surface area contributed by atoms with Crippen molar-refractivity contribution in [3.05, 3.63) is 12.2 Å². The van der Waals surface area contributed by atoms with E-state index in [1.165, 1.54) is 5.57 Å². The maximum Gasteiger partial charge on any atom is 0.223 e. The van der Waals surface area contributed by atoms with Crippen molar-refractivity contribution in [1.82, 2.24) is 5.32 Å². The highest BCUT2D eigenvalue weighted by Crippen LogP contribution is 2.32. The van der Waals surface area contributed by atoms with Gasteiger partial charge in [-0.05, 0) is 19.3 Å². The lowest BCUT2D eigenvalue weighted by molar-refractivity contribution is -0.129. The molecular weight excluding hydrogens is 126 g/mol. The summed E-state index contributed by atoms with van der Waals surface area (Å²) in [5.74, 6) is 0.487. The van der Waals surface area contributed by atoms with E-state index in [0.29, 0.717) is 6.04 Å². The van der Waals surface area contributed by atoms with Gasteiger partial charge in [-0.15, -0.1) is 0 Å². The molecule has 1 aliphatic carbocycles. The third kappa shape index (κ3) is 0.681. The molecule has 2 bridgehead atoms. The molecule has 1 amide bonds. The molecule has 2 saturated heterocycles. The van der Waals surface area contributed by atoms with Crippen LogP contribution in [0.15, 0.2) is 12.2 Å². The van der Waals surface area contributed by atoms with E-state index in [1.54, 1.807) is 0 Å². The van der Waals surface area contributed by atoms with Crippen LogP contribution in [-0.2, 0) is 4.79 Å². The molecule has 0 aromatic rings. The molecule has 2 heterocycles. The highest BCUT2D eigenvalue weighted by molar-refractivity contribution is 5.82. The highest BCUT2D eigenvalue weighted by atomic mass is 16.2. The first kappa shape index (κ1) is 5.96. The third-order valence-corrected chi connectivity index (χ3v) is 2.49. The van der Waals surface area contributed by atoms with Crippen molar-refractivity contribution in [3.8, 4) is 0 Å². The molecule has 0 radical (unpaired) electrons. The summed E-state index contributed by atoms with van der Waals surface area (Å²) >= 11 is 0. The van der Waals surface area contributed by atoms with Gasteiger partial charge in [0.25, 0.3) is 0 Å². The molecule has 10 heavy (non-hydrogen) atoms. The van der Waals surface area contributed by atoms with Gasteiger partial charge in [0, 0.05) is 12.0 Å². The van der Waals surface area contributed by atoms with Crippen molar-refractivity contribution in [2.24, 2.45) is 5.92 Å². The maximum atomic E-state index is 11.0. The van der Waals surface area contributed by atoms with Gasteiger partial charge in [-0.2, -0.15) is 0 Å². The quantitative estimate of drug-likeness (QED) is 0.492. The lowest BCUT2D eigenvalue weighted by Crippen LogP contribution is -2.50.